The summed E-state index contributed by atoms with van der Waals surface area (Å²) in [4.78, 5) is 15.9. The van der Waals surface area contributed by atoms with Crippen molar-refractivity contribution in [3.63, 3.8) is 0 Å². The maximum Gasteiger partial charge on any atom is 0.323 e. The highest BCUT2D eigenvalue weighted by molar-refractivity contribution is 5.99. The van der Waals surface area contributed by atoms with Gasteiger partial charge in [-0.3, -0.25) is 10.2 Å². The van der Waals surface area contributed by atoms with Crippen LogP contribution in [0.2, 0.25) is 0 Å². The molecule has 1 heterocycles. The molecule has 0 aliphatic rings. The molecule has 1 aromatic rings. The normalized spacial score (nSPS) is 9.67. The second-order valence-electron chi connectivity index (χ2n) is 3.04. The van der Waals surface area contributed by atoms with Gasteiger partial charge in [0.1, 0.15) is 18.2 Å². The second kappa shape index (κ2) is 4.41. The highest BCUT2D eigenvalue weighted by Crippen LogP contribution is 2.14. The Hall–Kier alpha value is -2.11. The number of anilines is 1. The quantitative estimate of drug-likeness (QED) is 0.473. The van der Waals surface area contributed by atoms with E-state index in [0.717, 1.165) is 0 Å². The van der Waals surface area contributed by atoms with Gasteiger partial charge in [0.2, 0.25) is 0 Å². The van der Waals surface area contributed by atoms with E-state index >= 15 is 0 Å². The molecule has 6 nitrogen and oxygen atoms in total. The number of rotatable bonds is 4. The van der Waals surface area contributed by atoms with Crippen LogP contribution in [-0.4, -0.2) is 35.5 Å². The number of carboxylic acid groups (broad SMARTS) is 1. The highest BCUT2D eigenvalue weighted by atomic mass is 16.4. The summed E-state index contributed by atoms with van der Waals surface area (Å²) in [7, 11) is 1.59. The zero-order chi connectivity index (χ0) is 11.4. The van der Waals surface area contributed by atoms with Crippen LogP contribution in [0.4, 0.5) is 5.82 Å². The SMILES string of the molecule is CN(CC(=O)O)c1ncccc1C(=N)N. The van der Waals surface area contributed by atoms with Gasteiger partial charge in [0, 0.05) is 13.2 Å². The number of nitrogens with zero attached hydrogens (tertiary/aromatic N) is 2. The Morgan fingerprint density at radius 1 is 1.73 bits per heavy atom. The number of carboxylic acids is 1. The molecule has 0 bridgehead atoms. The molecule has 0 aliphatic carbocycles. The maximum atomic E-state index is 10.5. The number of nitrogens with two attached hydrogens (primary N) is 1. The van der Waals surface area contributed by atoms with Crippen LogP contribution in [0.3, 0.4) is 0 Å². The predicted molar refractivity (Wildman–Crippen MR) is 56.2 cm³/mol. The number of aromatic nitrogens is 1. The number of hydrogen-bond acceptors (Lipinski definition) is 4. The number of hydrogen-bond donors (Lipinski definition) is 3. The molecule has 0 radical (unpaired) electrons. The molecule has 0 unspecified atom stereocenters. The Bertz CT molecular complexity index is 391. The average molecular weight is 208 g/mol. The molecule has 1 rings (SSSR count). The zero-order valence-electron chi connectivity index (χ0n) is 8.27. The van der Waals surface area contributed by atoms with Crippen LogP contribution in [0.25, 0.3) is 0 Å². The summed E-state index contributed by atoms with van der Waals surface area (Å²) in [5, 5.41) is 15.9. The number of carbonyl (C=O) groups is 1. The molecular formula is C9H12N4O2. The molecule has 80 valence electrons. The zero-order valence-corrected chi connectivity index (χ0v) is 8.27. The van der Waals surface area contributed by atoms with E-state index < -0.39 is 5.97 Å². The van der Waals surface area contributed by atoms with Crippen molar-refractivity contribution in [3.8, 4) is 0 Å². The number of amidine groups is 1. The van der Waals surface area contributed by atoms with Crippen LogP contribution in [0.1, 0.15) is 5.56 Å². The van der Waals surface area contributed by atoms with Crippen molar-refractivity contribution in [1.29, 1.82) is 5.41 Å². The summed E-state index contributed by atoms with van der Waals surface area (Å²) in [6.07, 6.45) is 1.53. The third kappa shape index (κ3) is 2.67. The van der Waals surface area contributed by atoms with Crippen LogP contribution in [0.15, 0.2) is 18.3 Å². The van der Waals surface area contributed by atoms with Gasteiger partial charge in [-0.25, -0.2) is 4.98 Å². The minimum absolute atomic E-state index is 0.129. The van der Waals surface area contributed by atoms with Crippen LogP contribution in [0.5, 0.6) is 0 Å². The first-order valence-electron chi connectivity index (χ1n) is 4.24. The van der Waals surface area contributed by atoms with Gasteiger partial charge in [0.05, 0.1) is 5.56 Å². The molecule has 0 fully saturated rings. The summed E-state index contributed by atoms with van der Waals surface area (Å²) in [5.41, 5.74) is 5.78. The van der Waals surface area contributed by atoms with E-state index in [9.17, 15) is 4.79 Å². The Morgan fingerprint density at radius 3 is 2.93 bits per heavy atom. The fourth-order valence-electron chi connectivity index (χ4n) is 1.19. The fourth-order valence-corrected chi connectivity index (χ4v) is 1.19. The first-order valence-corrected chi connectivity index (χ1v) is 4.24. The fraction of sp³-hybridized carbons (Fsp3) is 0.222. The number of pyridine rings is 1. The summed E-state index contributed by atoms with van der Waals surface area (Å²) in [6, 6.07) is 3.28. The van der Waals surface area contributed by atoms with Crippen molar-refractivity contribution in [3.05, 3.63) is 23.9 Å². The van der Waals surface area contributed by atoms with Crippen molar-refractivity contribution in [1.82, 2.24) is 4.98 Å². The largest absolute Gasteiger partial charge is 0.480 e. The Morgan fingerprint density at radius 2 is 2.40 bits per heavy atom. The Labute approximate surface area is 86.9 Å². The Balaban J connectivity index is 3.02. The second-order valence-corrected chi connectivity index (χ2v) is 3.04. The van der Waals surface area contributed by atoms with Crippen LogP contribution < -0.4 is 10.6 Å². The molecule has 0 aromatic carbocycles. The van der Waals surface area contributed by atoms with Crippen LogP contribution >= 0.6 is 0 Å². The van der Waals surface area contributed by atoms with Crippen LogP contribution in [0, 0.1) is 5.41 Å². The molecule has 0 saturated heterocycles. The van der Waals surface area contributed by atoms with Crippen molar-refractivity contribution in [2.45, 2.75) is 0 Å². The van der Waals surface area contributed by atoms with Gasteiger partial charge < -0.3 is 15.7 Å². The van der Waals surface area contributed by atoms with Gasteiger partial charge in [-0.15, -0.1) is 0 Å². The van der Waals surface area contributed by atoms with Crippen molar-refractivity contribution < 1.29 is 9.90 Å². The number of nitrogens with one attached hydrogen (secondary N) is 1. The van der Waals surface area contributed by atoms with E-state index in [1.54, 1.807) is 19.2 Å². The molecular weight excluding hydrogens is 196 g/mol. The molecule has 0 amide bonds. The van der Waals surface area contributed by atoms with Gasteiger partial charge in [0.15, 0.2) is 0 Å². The van der Waals surface area contributed by atoms with Gasteiger partial charge in [0.25, 0.3) is 0 Å². The monoisotopic (exact) mass is 208 g/mol. The molecule has 15 heavy (non-hydrogen) atoms. The molecule has 0 saturated carbocycles. The third-order valence-corrected chi connectivity index (χ3v) is 1.81. The summed E-state index contributed by atoms with van der Waals surface area (Å²) in [6.45, 7) is -0.183. The van der Waals surface area contributed by atoms with E-state index in [2.05, 4.69) is 4.98 Å². The first-order chi connectivity index (χ1) is 7.02. The first kappa shape index (κ1) is 11.0. The third-order valence-electron chi connectivity index (χ3n) is 1.81. The van der Waals surface area contributed by atoms with E-state index in [0.29, 0.717) is 11.4 Å². The van der Waals surface area contributed by atoms with Crippen molar-refractivity contribution in [2.75, 3.05) is 18.5 Å². The number of nitrogen functional groups attached to an aromatic ring is 1. The van der Waals surface area contributed by atoms with Crippen molar-refractivity contribution in [2.24, 2.45) is 5.73 Å². The van der Waals surface area contributed by atoms with Gasteiger partial charge in [-0.05, 0) is 12.1 Å². The van der Waals surface area contributed by atoms with Gasteiger partial charge in [-0.1, -0.05) is 0 Å². The lowest BCUT2D eigenvalue weighted by atomic mass is 10.2. The average Bonchev–Trinajstić information content (AvgIpc) is 2.16. The molecule has 0 aliphatic heterocycles. The van der Waals surface area contributed by atoms with E-state index in [-0.39, 0.29) is 12.4 Å². The minimum atomic E-state index is -0.961. The van der Waals surface area contributed by atoms with Crippen LogP contribution in [-0.2, 0) is 4.79 Å². The maximum absolute atomic E-state index is 10.5. The Kier molecular flexibility index (Phi) is 3.22. The smallest absolute Gasteiger partial charge is 0.323 e. The molecule has 0 atom stereocenters. The summed E-state index contributed by atoms with van der Waals surface area (Å²) >= 11 is 0. The van der Waals surface area contributed by atoms with Crippen molar-refractivity contribution >= 4 is 17.6 Å². The number of likely N-dealkylation sites (N-methyl/N-ethyl adjacent to an activating group) is 1. The lowest BCUT2D eigenvalue weighted by Crippen LogP contribution is -2.28. The molecule has 1 aromatic heterocycles. The molecule has 0 spiro atoms. The minimum Gasteiger partial charge on any atom is -0.480 e. The molecule has 4 N–H and O–H groups in total. The lowest BCUT2D eigenvalue weighted by molar-refractivity contribution is -0.135. The summed E-state index contributed by atoms with van der Waals surface area (Å²) in [5.74, 6) is -0.694. The van der Waals surface area contributed by atoms with Gasteiger partial charge in [-0.2, -0.15) is 0 Å². The highest BCUT2D eigenvalue weighted by Gasteiger charge is 2.12. The molecule has 6 heteroatoms. The standard InChI is InChI=1S/C9H12N4O2/c1-13(5-7(14)15)9-6(8(10)11)3-2-4-12-9/h2-4H,5H2,1H3,(H3,10,11)(H,14,15). The lowest BCUT2D eigenvalue weighted by Gasteiger charge is -2.18. The predicted octanol–water partition coefficient (Wildman–Crippen LogP) is -0.114. The van der Waals surface area contributed by atoms with E-state index in [1.807, 2.05) is 0 Å². The summed E-state index contributed by atoms with van der Waals surface area (Å²) < 4.78 is 0. The van der Waals surface area contributed by atoms with E-state index in [1.165, 1.54) is 11.1 Å². The topological polar surface area (TPSA) is 103 Å². The van der Waals surface area contributed by atoms with E-state index in [4.69, 9.17) is 16.2 Å². The number of aliphatic carboxylic acids is 1. The van der Waals surface area contributed by atoms with Gasteiger partial charge >= 0.3 is 5.97 Å².